The molecule has 130 valence electrons. The smallest absolute Gasteiger partial charge is 0.254 e. The summed E-state index contributed by atoms with van der Waals surface area (Å²) in [6.45, 7) is 2.93. The number of carbonyl (C=O) groups is 2. The molecule has 0 aromatic heterocycles. The van der Waals surface area contributed by atoms with E-state index in [1.165, 1.54) is 0 Å². The average Bonchev–Trinajstić information content (AvgIpc) is 2.67. The molecule has 1 aliphatic rings. The fourth-order valence-corrected chi connectivity index (χ4v) is 3.21. The Labute approximate surface area is 147 Å². The fraction of sp³-hybridized carbons (Fsp3) is 0.300. The second-order valence-corrected chi connectivity index (χ2v) is 5.99. The number of piperazine rings is 1. The monoisotopic (exact) mass is 338 g/mol. The number of amides is 2. The minimum Gasteiger partial charge on any atom is -0.496 e. The van der Waals surface area contributed by atoms with Crippen molar-refractivity contribution in [2.24, 2.45) is 0 Å². The standard InChI is InChI=1S/C20H22N2O3/c1-3-17-19(23)21-11-12-22(17)20(24)15-9-10-18(25-2)16(13-15)14-7-5-4-6-8-14/h4-10,13,17H,3,11-12H2,1-2H3,(H,21,23). The Bertz CT molecular complexity index is 774. The minimum absolute atomic E-state index is 0.0844. The third-order valence-corrected chi connectivity index (χ3v) is 4.51. The Kier molecular flexibility index (Phi) is 5.03. The van der Waals surface area contributed by atoms with E-state index in [9.17, 15) is 9.59 Å². The molecule has 1 fully saturated rings. The lowest BCUT2D eigenvalue weighted by Gasteiger charge is -2.34. The second-order valence-electron chi connectivity index (χ2n) is 5.99. The molecule has 5 heteroatoms. The van der Waals surface area contributed by atoms with E-state index < -0.39 is 6.04 Å². The summed E-state index contributed by atoms with van der Waals surface area (Å²) in [7, 11) is 1.62. The molecule has 5 nitrogen and oxygen atoms in total. The van der Waals surface area contributed by atoms with Crippen LogP contribution in [0.4, 0.5) is 0 Å². The van der Waals surface area contributed by atoms with Crippen molar-refractivity contribution in [3.8, 4) is 16.9 Å². The zero-order valence-electron chi connectivity index (χ0n) is 14.5. The highest BCUT2D eigenvalue weighted by molar-refractivity contribution is 5.99. The van der Waals surface area contributed by atoms with Crippen molar-refractivity contribution < 1.29 is 14.3 Å². The van der Waals surface area contributed by atoms with Crippen molar-refractivity contribution in [1.82, 2.24) is 10.2 Å². The highest BCUT2D eigenvalue weighted by Crippen LogP contribution is 2.31. The number of nitrogens with zero attached hydrogens (tertiary/aromatic N) is 1. The number of benzene rings is 2. The fourth-order valence-electron chi connectivity index (χ4n) is 3.21. The highest BCUT2D eigenvalue weighted by Gasteiger charge is 2.32. The maximum absolute atomic E-state index is 13.0. The van der Waals surface area contributed by atoms with Gasteiger partial charge in [0.2, 0.25) is 5.91 Å². The van der Waals surface area contributed by atoms with Gasteiger partial charge in [0.25, 0.3) is 5.91 Å². The van der Waals surface area contributed by atoms with Crippen molar-refractivity contribution in [3.05, 3.63) is 54.1 Å². The SMILES string of the molecule is CCC1C(=O)NCCN1C(=O)c1ccc(OC)c(-c2ccccc2)c1. The predicted octanol–water partition coefficient (Wildman–Crippen LogP) is 2.71. The normalized spacial score (nSPS) is 17.1. The summed E-state index contributed by atoms with van der Waals surface area (Å²) in [6, 6.07) is 14.8. The molecule has 0 saturated carbocycles. The van der Waals surface area contributed by atoms with E-state index >= 15 is 0 Å². The number of nitrogens with one attached hydrogen (secondary N) is 1. The van der Waals surface area contributed by atoms with Gasteiger partial charge in [-0.2, -0.15) is 0 Å². The lowest BCUT2D eigenvalue weighted by Crippen LogP contribution is -2.56. The first-order valence-electron chi connectivity index (χ1n) is 8.47. The van der Waals surface area contributed by atoms with E-state index in [-0.39, 0.29) is 11.8 Å². The summed E-state index contributed by atoms with van der Waals surface area (Å²) in [5.74, 6) is 0.506. The predicted molar refractivity (Wildman–Crippen MR) is 96.6 cm³/mol. The van der Waals surface area contributed by atoms with Crippen LogP contribution < -0.4 is 10.1 Å². The first kappa shape index (κ1) is 17.0. The second kappa shape index (κ2) is 7.38. The molecule has 1 atom stereocenters. The lowest BCUT2D eigenvalue weighted by molar-refractivity contribution is -0.127. The van der Waals surface area contributed by atoms with E-state index in [1.807, 2.05) is 43.3 Å². The number of hydrogen-bond donors (Lipinski definition) is 1. The molecule has 0 bridgehead atoms. The van der Waals surface area contributed by atoms with Crippen molar-refractivity contribution in [3.63, 3.8) is 0 Å². The van der Waals surface area contributed by atoms with Crippen molar-refractivity contribution in [2.45, 2.75) is 19.4 Å². The summed E-state index contributed by atoms with van der Waals surface area (Å²) in [5, 5.41) is 2.82. The van der Waals surface area contributed by atoms with Gasteiger partial charge in [-0.15, -0.1) is 0 Å². The van der Waals surface area contributed by atoms with Crippen LogP contribution in [0, 0.1) is 0 Å². The molecule has 3 rings (SSSR count). The molecule has 2 aromatic rings. The number of hydrogen-bond acceptors (Lipinski definition) is 3. The average molecular weight is 338 g/mol. The van der Waals surface area contributed by atoms with E-state index in [4.69, 9.17) is 4.74 Å². The lowest BCUT2D eigenvalue weighted by atomic mass is 10.0. The van der Waals surface area contributed by atoms with Gasteiger partial charge in [-0.3, -0.25) is 9.59 Å². The van der Waals surface area contributed by atoms with Crippen molar-refractivity contribution >= 4 is 11.8 Å². The molecular weight excluding hydrogens is 316 g/mol. The quantitative estimate of drug-likeness (QED) is 0.932. The molecular formula is C20H22N2O3. The Morgan fingerprint density at radius 3 is 2.68 bits per heavy atom. The van der Waals surface area contributed by atoms with Gasteiger partial charge >= 0.3 is 0 Å². The number of methoxy groups -OCH3 is 1. The van der Waals surface area contributed by atoms with Crippen molar-refractivity contribution in [1.29, 1.82) is 0 Å². The summed E-state index contributed by atoms with van der Waals surface area (Å²) in [4.78, 5) is 26.7. The molecule has 1 N–H and O–H groups in total. The zero-order valence-corrected chi connectivity index (χ0v) is 14.5. The molecule has 0 radical (unpaired) electrons. The van der Waals surface area contributed by atoms with Crippen LogP contribution in [0.3, 0.4) is 0 Å². The summed E-state index contributed by atoms with van der Waals surface area (Å²) < 4.78 is 5.45. The van der Waals surface area contributed by atoms with E-state index in [0.29, 0.717) is 30.8 Å². The summed E-state index contributed by atoms with van der Waals surface area (Å²) >= 11 is 0. The van der Waals surface area contributed by atoms with Gasteiger partial charge in [0.15, 0.2) is 0 Å². The molecule has 0 spiro atoms. The van der Waals surface area contributed by atoms with E-state index in [1.54, 1.807) is 24.1 Å². The van der Waals surface area contributed by atoms with Crippen LogP contribution in [0.1, 0.15) is 23.7 Å². The Morgan fingerprint density at radius 2 is 2.00 bits per heavy atom. The van der Waals surface area contributed by atoms with Crippen LogP contribution in [-0.2, 0) is 4.79 Å². The Hall–Kier alpha value is -2.82. The minimum atomic E-state index is -0.413. The maximum atomic E-state index is 13.0. The molecule has 1 unspecified atom stereocenters. The van der Waals surface area contributed by atoms with Crippen LogP contribution in [0.25, 0.3) is 11.1 Å². The number of rotatable bonds is 4. The van der Waals surface area contributed by atoms with Gasteiger partial charge in [-0.05, 0) is 30.2 Å². The van der Waals surface area contributed by atoms with Crippen LogP contribution in [0.5, 0.6) is 5.75 Å². The maximum Gasteiger partial charge on any atom is 0.254 e. The van der Waals surface area contributed by atoms with Gasteiger partial charge in [0.05, 0.1) is 7.11 Å². The van der Waals surface area contributed by atoms with Crippen LogP contribution in [-0.4, -0.2) is 43.0 Å². The largest absolute Gasteiger partial charge is 0.496 e. The number of ether oxygens (including phenoxy) is 1. The Morgan fingerprint density at radius 1 is 1.24 bits per heavy atom. The summed E-state index contributed by atoms with van der Waals surface area (Å²) in [6.07, 6.45) is 0.596. The van der Waals surface area contributed by atoms with E-state index in [2.05, 4.69) is 5.32 Å². The molecule has 0 aliphatic carbocycles. The molecule has 2 amide bonds. The van der Waals surface area contributed by atoms with Crippen molar-refractivity contribution in [2.75, 3.05) is 20.2 Å². The van der Waals surface area contributed by atoms with Crippen LogP contribution >= 0.6 is 0 Å². The highest BCUT2D eigenvalue weighted by atomic mass is 16.5. The Balaban J connectivity index is 1.97. The molecule has 25 heavy (non-hydrogen) atoms. The molecule has 1 aliphatic heterocycles. The van der Waals surface area contributed by atoms with Gasteiger partial charge in [0, 0.05) is 24.2 Å². The van der Waals surface area contributed by atoms with Gasteiger partial charge in [0.1, 0.15) is 11.8 Å². The van der Waals surface area contributed by atoms with Gasteiger partial charge in [-0.25, -0.2) is 0 Å². The number of carbonyl (C=O) groups excluding carboxylic acids is 2. The first-order valence-corrected chi connectivity index (χ1v) is 8.47. The van der Waals surface area contributed by atoms with Gasteiger partial charge < -0.3 is 15.0 Å². The third kappa shape index (κ3) is 3.36. The van der Waals surface area contributed by atoms with Crippen LogP contribution in [0.15, 0.2) is 48.5 Å². The third-order valence-electron chi connectivity index (χ3n) is 4.51. The van der Waals surface area contributed by atoms with Crippen LogP contribution in [0.2, 0.25) is 0 Å². The van der Waals surface area contributed by atoms with Gasteiger partial charge in [-0.1, -0.05) is 37.3 Å². The summed E-state index contributed by atoms with van der Waals surface area (Å²) in [5.41, 5.74) is 2.41. The van der Waals surface area contributed by atoms with E-state index in [0.717, 1.165) is 11.1 Å². The zero-order chi connectivity index (χ0) is 17.8. The first-order chi connectivity index (χ1) is 12.2. The molecule has 1 saturated heterocycles. The molecule has 2 aromatic carbocycles. The molecule has 1 heterocycles. The topological polar surface area (TPSA) is 58.6 Å².